The molecule has 0 aliphatic rings. The molecule has 1 N–H and O–H groups in total. The maximum atomic E-state index is 12.9. The highest BCUT2D eigenvalue weighted by atomic mass is 19.1. The number of likely N-dealkylation sites (N-methyl/N-ethyl adjacent to an activating group) is 1. The van der Waals surface area contributed by atoms with E-state index in [1.165, 1.54) is 24.3 Å². The van der Waals surface area contributed by atoms with Crippen molar-refractivity contribution in [3.8, 4) is 0 Å². The van der Waals surface area contributed by atoms with Crippen molar-refractivity contribution in [3.05, 3.63) is 65.5 Å². The van der Waals surface area contributed by atoms with Crippen molar-refractivity contribution in [2.75, 3.05) is 31.6 Å². The van der Waals surface area contributed by atoms with Crippen molar-refractivity contribution in [3.63, 3.8) is 0 Å². The third kappa shape index (κ3) is 7.40. The highest BCUT2D eigenvalue weighted by Crippen LogP contribution is 2.12. The average molecular weight is 414 g/mol. The summed E-state index contributed by atoms with van der Waals surface area (Å²) in [6.45, 7) is 6.91. The minimum Gasteiger partial charge on any atom is -0.461 e. The Balaban J connectivity index is 1.77. The molecule has 0 radical (unpaired) electrons. The molecule has 30 heavy (non-hydrogen) atoms. The molecule has 0 atom stereocenters. The topological polar surface area (TPSA) is 75.7 Å². The average Bonchev–Trinajstić information content (AvgIpc) is 2.76. The summed E-state index contributed by atoms with van der Waals surface area (Å²) < 4.78 is 18.2. The number of hydrogen-bond acceptors (Lipinski definition) is 5. The number of nitrogens with one attached hydrogen (secondary N) is 1. The summed E-state index contributed by atoms with van der Waals surface area (Å²) >= 11 is 0. The van der Waals surface area contributed by atoms with E-state index in [9.17, 15) is 18.8 Å². The molecule has 0 fully saturated rings. The first-order valence-electron chi connectivity index (χ1n) is 10.0. The van der Waals surface area contributed by atoms with Gasteiger partial charge in [0.1, 0.15) is 12.4 Å². The maximum absolute atomic E-state index is 12.9. The van der Waals surface area contributed by atoms with E-state index in [1.807, 2.05) is 0 Å². The van der Waals surface area contributed by atoms with E-state index in [2.05, 4.69) is 24.1 Å². The van der Waals surface area contributed by atoms with Crippen LogP contribution < -0.4 is 5.32 Å². The Morgan fingerprint density at radius 3 is 2.10 bits per heavy atom. The summed E-state index contributed by atoms with van der Waals surface area (Å²) in [4.78, 5) is 38.3. The number of anilines is 1. The number of ether oxygens (including phenoxy) is 1. The first-order chi connectivity index (χ1) is 14.4. The SMILES string of the molecule is CCN(CC)CCOC(=O)c1ccc(NC(=O)CCC(=O)c2ccc(F)cc2)cc1. The largest absolute Gasteiger partial charge is 0.461 e. The van der Waals surface area contributed by atoms with Crippen LogP contribution in [0.4, 0.5) is 10.1 Å². The Morgan fingerprint density at radius 1 is 0.900 bits per heavy atom. The molecule has 0 spiro atoms. The standard InChI is InChI=1S/C23H27FN2O4/c1-3-26(4-2)15-16-30-23(29)18-7-11-20(12-8-18)25-22(28)14-13-21(27)17-5-9-19(24)10-6-17/h5-12H,3-4,13-16H2,1-2H3,(H,25,28). The summed E-state index contributed by atoms with van der Waals surface area (Å²) in [5.74, 6) is -1.38. The molecule has 0 saturated carbocycles. The van der Waals surface area contributed by atoms with E-state index in [-0.39, 0.29) is 24.5 Å². The lowest BCUT2D eigenvalue weighted by Crippen LogP contribution is -2.27. The Kier molecular flexibility index (Phi) is 9.15. The normalized spacial score (nSPS) is 10.7. The molecule has 0 bridgehead atoms. The number of Topliss-reactive ketones (excluding diaryl/α,β-unsaturated/α-hetero) is 1. The second-order valence-electron chi connectivity index (χ2n) is 6.72. The van der Waals surface area contributed by atoms with E-state index in [4.69, 9.17) is 4.74 Å². The van der Waals surface area contributed by atoms with Gasteiger partial charge in [-0.2, -0.15) is 0 Å². The van der Waals surface area contributed by atoms with Crippen molar-refractivity contribution in [2.45, 2.75) is 26.7 Å². The predicted molar refractivity (Wildman–Crippen MR) is 113 cm³/mol. The van der Waals surface area contributed by atoms with Gasteiger partial charge in [0.15, 0.2) is 5.78 Å². The number of benzene rings is 2. The molecular formula is C23H27FN2O4. The molecule has 160 valence electrons. The van der Waals surface area contributed by atoms with E-state index >= 15 is 0 Å². The third-order valence-corrected chi connectivity index (χ3v) is 4.68. The predicted octanol–water partition coefficient (Wildman–Crippen LogP) is 3.93. The van der Waals surface area contributed by atoms with Gasteiger partial charge < -0.3 is 15.0 Å². The molecule has 1 amide bonds. The van der Waals surface area contributed by atoms with E-state index in [1.54, 1.807) is 24.3 Å². The number of carbonyl (C=O) groups is 3. The van der Waals surface area contributed by atoms with Gasteiger partial charge in [0, 0.05) is 30.6 Å². The first kappa shape index (κ1) is 23.2. The van der Waals surface area contributed by atoms with Gasteiger partial charge in [-0.3, -0.25) is 9.59 Å². The monoisotopic (exact) mass is 414 g/mol. The number of nitrogens with zero attached hydrogens (tertiary/aromatic N) is 1. The third-order valence-electron chi connectivity index (χ3n) is 4.68. The molecule has 0 heterocycles. The summed E-state index contributed by atoms with van der Waals surface area (Å²) in [5, 5.41) is 2.69. The summed E-state index contributed by atoms with van der Waals surface area (Å²) in [6, 6.07) is 11.6. The minimum absolute atomic E-state index is 0.00532. The van der Waals surface area contributed by atoms with Crippen LogP contribution in [0.5, 0.6) is 0 Å². The number of hydrogen-bond donors (Lipinski definition) is 1. The van der Waals surface area contributed by atoms with Crippen molar-refractivity contribution in [1.29, 1.82) is 0 Å². The molecule has 2 aromatic rings. The van der Waals surface area contributed by atoms with Gasteiger partial charge in [-0.15, -0.1) is 0 Å². The van der Waals surface area contributed by atoms with Crippen molar-refractivity contribution < 1.29 is 23.5 Å². The number of esters is 1. The molecule has 0 aromatic heterocycles. The fourth-order valence-electron chi connectivity index (χ4n) is 2.81. The van der Waals surface area contributed by atoms with E-state index < -0.39 is 11.8 Å². The van der Waals surface area contributed by atoms with Gasteiger partial charge in [-0.05, 0) is 61.6 Å². The summed E-state index contributed by atoms with van der Waals surface area (Å²) in [7, 11) is 0. The fourth-order valence-corrected chi connectivity index (χ4v) is 2.81. The lowest BCUT2D eigenvalue weighted by Gasteiger charge is -2.17. The van der Waals surface area contributed by atoms with Crippen LogP contribution in [0.25, 0.3) is 0 Å². The summed E-state index contributed by atoms with van der Waals surface area (Å²) in [5.41, 5.74) is 1.29. The van der Waals surface area contributed by atoms with E-state index in [0.29, 0.717) is 30.0 Å². The zero-order valence-electron chi connectivity index (χ0n) is 17.3. The van der Waals surface area contributed by atoms with Crippen LogP contribution in [-0.2, 0) is 9.53 Å². The Hall–Kier alpha value is -3.06. The van der Waals surface area contributed by atoms with E-state index in [0.717, 1.165) is 13.1 Å². The van der Waals surface area contributed by atoms with Gasteiger partial charge in [0.2, 0.25) is 5.91 Å². The van der Waals surface area contributed by atoms with Crippen molar-refractivity contribution >= 4 is 23.3 Å². The second-order valence-corrected chi connectivity index (χ2v) is 6.72. The van der Waals surface area contributed by atoms with Crippen molar-refractivity contribution in [2.24, 2.45) is 0 Å². The molecule has 2 rings (SSSR count). The van der Waals surface area contributed by atoms with Crippen molar-refractivity contribution in [1.82, 2.24) is 4.90 Å². The molecule has 0 unspecified atom stereocenters. The zero-order chi connectivity index (χ0) is 21.9. The van der Waals surface area contributed by atoms with Gasteiger partial charge in [-0.1, -0.05) is 13.8 Å². The quantitative estimate of drug-likeness (QED) is 0.445. The maximum Gasteiger partial charge on any atom is 0.338 e. The van der Waals surface area contributed by atoms with Crippen LogP contribution in [0.3, 0.4) is 0 Å². The number of ketones is 1. The minimum atomic E-state index is -0.416. The summed E-state index contributed by atoms with van der Waals surface area (Å²) in [6.07, 6.45) is 0.0276. The number of carbonyl (C=O) groups excluding carboxylic acids is 3. The second kappa shape index (κ2) is 11.8. The molecule has 6 nitrogen and oxygen atoms in total. The molecule has 7 heteroatoms. The van der Waals surface area contributed by atoms with Crippen LogP contribution in [-0.4, -0.2) is 48.8 Å². The number of amides is 1. The molecule has 0 saturated heterocycles. The van der Waals surface area contributed by atoms with Gasteiger partial charge >= 0.3 is 5.97 Å². The Labute approximate surface area is 176 Å². The Morgan fingerprint density at radius 2 is 1.50 bits per heavy atom. The molecule has 0 aliphatic carbocycles. The lowest BCUT2D eigenvalue weighted by atomic mass is 10.1. The lowest BCUT2D eigenvalue weighted by molar-refractivity contribution is -0.116. The zero-order valence-corrected chi connectivity index (χ0v) is 17.3. The first-order valence-corrected chi connectivity index (χ1v) is 10.0. The molecule has 2 aromatic carbocycles. The fraction of sp³-hybridized carbons (Fsp3) is 0.348. The van der Waals surface area contributed by atoms with Crippen LogP contribution in [0.2, 0.25) is 0 Å². The van der Waals surface area contributed by atoms with Crippen LogP contribution in [0.1, 0.15) is 47.4 Å². The van der Waals surface area contributed by atoms with Gasteiger partial charge in [0.25, 0.3) is 0 Å². The number of halogens is 1. The van der Waals surface area contributed by atoms with Crippen LogP contribution in [0.15, 0.2) is 48.5 Å². The Bertz CT molecular complexity index is 847. The van der Waals surface area contributed by atoms with Crippen LogP contribution in [0, 0.1) is 5.82 Å². The number of rotatable bonds is 11. The highest BCUT2D eigenvalue weighted by Gasteiger charge is 2.11. The molecular weight excluding hydrogens is 387 g/mol. The molecule has 0 aliphatic heterocycles. The van der Waals surface area contributed by atoms with Gasteiger partial charge in [0.05, 0.1) is 5.56 Å². The van der Waals surface area contributed by atoms with Crippen LogP contribution >= 0.6 is 0 Å². The van der Waals surface area contributed by atoms with Gasteiger partial charge in [-0.25, -0.2) is 9.18 Å². The smallest absolute Gasteiger partial charge is 0.338 e. The highest BCUT2D eigenvalue weighted by molar-refractivity contribution is 6.00.